The van der Waals surface area contributed by atoms with Gasteiger partial charge in [0.2, 0.25) is 20.7 Å². The van der Waals surface area contributed by atoms with E-state index in [1.807, 2.05) is 0 Å². The second-order valence-corrected chi connectivity index (χ2v) is 16.8. The molecule has 1 fully saturated rings. The number of hydrogen-bond acceptors (Lipinski definition) is 1. The van der Waals surface area contributed by atoms with Gasteiger partial charge in [-0.3, -0.25) is 0 Å². The summed E-state index contributed by atoms with van der Waals surface area (Å²) in [4.78, 5) is 0. The Morgan fingerprint density at radius 2 is 0.758 bits per heavy atom. The molecule has 0 saturated carbocycles. The van der Waals surface area contributed by atoms with Crippen molar-refractivity contribution < 1.29 is 0 Å². The van der Waals surface area contributed by atoms with Crippen LogP contribution in [0.3, 0.4) is 0 Å². The molecule has 33 heavy (non-hydrogen) atoms. The summed E-state index contributed by atoms with van der Waals surface area (Å²) in [7, 11) is -3.53. The van der Waals surface area contributed by atoms with Gasteiger partial charge in [0, 0.05) is 0 Å². The fourth-order valence-electron chi connectivity index (χ4n) is 5.31. The van der Waals surface area contributed by atoms with Gasteiger partial charge in [-0.25, -0.2) is 0 Å². The minimum absolute atomic E-state index is 0.459. The molecule has 0 radical (unpaired) electrons. The van der Waals surface area contributed by atoms with E-state index in [4.69, 9.17) is 0 Å². The van der Waals surface area contributed by atoms with Crippen LogP contribution in [0.4, 0.5) is 0 Å². The van der Waals surface area contributed by atoms with Crippen molar-refractivity contribution in [2.24, 2.45) is 5.92 Å². The van der Waals surface area contributed by atoms with Crippen LogP contribution < -0.4 is 21.2 Å². The van der Waals surface area contributed by atoms with Gasteiger partial charge in [-0.15, -0.1) is 0 Å². The average molecular weight is 470 g/mol. The lowest BCUT2D eigenvalue weighted by atomic mass is 10.1. The van der Waals surface area contributed by atoms with Gasteiger partial charge in [0.05, 0.1) is 6.04 Å². The summed E-state index contributed by atoms with van der Waals surface area (Å²) < 4.78 is 3.04. The third-order valence-corrected chi connectivity index (χ3v) is 19.0. The summed E-state index contributed by atoms with van der Waals surface area (Å²) >= 11 is 0. The van der Waals surface area contributed by atoms with Gasteiger partial charge in [0.1, 0.15) is 21.2 Å². The molecule has 5 rings (SSSR count). The van der Waals surface area contributed by atoms with Gasteiger partial charge >= 0.3 is 0 Å². The fraction of sp³-hybridized carbons (Fsp3) is 0.200. The molecule has 0 aliphatic carbocycles. The molecule has 4 aromatic carbocycles. The number of benzene rings is 4. The zero-order valence-electron chi connectivity index (χ0n) is 19.8. The summed E-state index contributed by atoms with van der Waals surface area (Å²) in [6, 6.07) is 45.9. The first-order valence-corrected chi connectivity index (χ1v) is 15.7. The maximum atomic E-state index is 3.04. The van der Waals surface area contributed by atoms with Crippen molar-refractivity contribution in [1.82, 2.24) is 4.44 Å². The first-order chi connectivity index (χ1) is 16.1. The van der Waals surface area contributed by atoms with Crippen molar-refractivity contribution >= 4 is 36.0 Å². The zero-order valence-corrected chi connectivity index (χ0v) is 21.5. The minimum Gasteiger partial charge on any atom is -0.0620 e. The highest BCUT2D eigenvalue weighted by atomic mass is 31.3. The smallest absolute Gasteiger partial charge is 0.0620 e. The summed E-state index contributed by atoms with van der Waals surface area (Å²) in [5.41, 5.74) is 0. The van der Waals surface area contributed by atoms with Crippen molar-refractivity contribution in [1.29, 1.82) is 0 Å². The second kappa shape index (κ2) is 9.15. The van der Waals surface area contributed by atoms with Crippen LogP contribution in [-0.4, -0.2) is 16.4 Å². The number of rotatable bonds is 6. The standard InChI is InChI=1S/C30H33NP2/c1-25(2)26(3)31-32(27-16-8-4-9-17-27,28-18-10-5-11-19-28)24-33(31,29-20-12-6-13-21-29)30-22-14-7-15-23-30/h4-23,25-26H,24H2,1-3H3/q+2. The number of nitrogens with zero attached hydrogens (tertiary/aromatic N) is 1. The van der Waals surface area contributed by atoms with E-state index in [1.165, 1.54) is 27.1 Å². The molecule has 0 amide bonds. The zero-order chi connectivity index (χ0) is 22.9. The van der Waals surface area contributed by atoms with Gasteiger partial charge in [-0.1, -0.05) is 86.6 Å². The van der Waals surface area contributed by atoms with Crippen LogP contribution in [0, 0.1) is 5.92 Å². The molecule has 3 heteroatoms. The fourth-order valence-corrected chi connectivity index (χ4v) is 20.1. The van der Waals surface area contributed by atoms with Crippen LogP contribution >= 0.6 is 14.8 Å². The summed E-state index contributed by atoms with van der Waals surface area (Å²) in [6.07, 6.45) is 0. The van der Waals surface area contributed by atoms with Crippen molar-refractivity contribution in [3.8, 4) is 0 Å². The molecule has 1 aliphatic rings. The molecule has 0 spiro atoms. The summed E-state index contributed by atoms with van der Waals surface area (Å²) in [6.45, 7) is 7.24. The maximum absolute atomic E-state index is 3.04. The van der Waals surface area contributed by atoms with E-state index in [-0.39, 0.29) is 0 Å². The number of hydrogen-bond donors (Lipinski definition) is 0. The highest BCUT2D eigenvalue weighted by molar-refractivity contribution is 8.15. The van der Waals surface area contributed by atoms with Gasteiger partial charge in [-0.05, 0) is 65.8 Å². The first-order valence-electron chi connectivity index (χ1n) is 11.9. The molecule has 1 atom stereocenters. The van der Waals surface area contributed by atoms with Gasteiger partial charge in [0.25, 0.3) is 0 Å². The predicted molar refractivity (Wildman–Crippen MR) is 149 cm³/mol. The monoisotopic (exact) mass is 469 g/mol. The van der Waals surface area contributed by atoms with E-state index in [0.29, 0.717) is 12.0 Å². The van der Waals surface area contributed by atoms with Crippen LogP contribution in [0.1, 0.15) is 20.8 Å². The molecular formula is C30H33NP2+2. The molecule has 1 aliphatic heterocycles. The van der Waals surface area contributed by atoms with E-state index in [9.17, 15) is 0 Å². The van der Waals surface area contributed by atoms with Crippen LogP contribution in [0.2, 0.25) is 0 Å². The topological polar surface area (TPSA) is 3.24 Å². The van der Waals surface area contributed by atoms with E-state index < -0.39 is 14.8 Å². The quantitative estimate of drug-likeness (QED) is 0.293. The molecule has 0 bridgehead atoms. The highest BCUT2D eigenvalue weighted by Crippen LogP contribution is 2.92. The van der Waals surface area contributed by atoms with E-state index in [2.05, 4.69) is 147 Å². The van der Waals surface area contributed by atoms with Gasteiger partial charge in [0.15, 0.2) is 0 Å². The molecule has 1 saturated heterocycles. The highest BCUT2D eigenvalue weighted by Gasteiger charge is 2.81. The lowest BCUT2D eigenvalue weighted by Gasteiger charge is -2.53. The Labute approximate surface area is 200 Å². The summed E-state index contributed by atoms with van der Waals surface area (Å²) in [5.74, 6) is 1.78. The Morgan fingerprint density at radius 1 is 0.485 bits per heavy atom. The second-order valence-electron chi connectivity index (χ2n) is 9.33. The molecule has 166 valence electrons. The Bertz CT molecular complexity index is 1010. The van der Waals surface area contributed by atoms with Crippen molar-refractivity contribution in [3.63, 3.8) is 0 Å². The Hall–Kier alpha value is -2.30. The Kier molecular flexibility index (Phi) is 6.24. The van der Waals surface area contributed by atoms with Crippen LogP contribution in [-0.2, 0) is 0 Å². The molecule has 4 aromatic rings. The third-order valence-electron chi connectivity index (χ3n) is 7.17. The van der Waals surface area contributed by atoms with E-state index >= 15 is 0 Å². The van der Waals surface area contributed by atoms with Crippen LogP contribution in [0.25, 0.3) is 0 Å². The van der Waals surface area contributed by atoms with Crippen molar-refractivity contribution in [3.05, 3.63) is 121 Å². The largest absolute Gasteiger partial charge is 0.227 e. The molecule has 1 unspecified atom stereocenters. The maximum Gasteiger partial charge on any atom is 0.227 e. The first kappa shape index (κ1) is 22.5. The van der Waals surface area contributed by atoms with E-state index in [1.54, 1.807) is 0 Å². The summed E-state index contributed by atoms with van der Waals surface area (Å²) in [5, 5.41) is 6.02. The Balaban J connectivity index is 1.83. The average Bonchev–Trinajstić information content (AvgIpc) is 2.86. The SMILES string of the molecule is CC(C)C(C)N1[P+](c2ccccc2)(c2ccccc2)C[P+]1(c1ccccc1)c1ccccc1. The minimum atomic E-state index is -1.76. The Morgan fingerprint density at radius 3 is 1.00 bits per heavy atom. The van der Waals surface area contributed by atoms with Crippen LogP contribution in [0.15, 0.2) is 121 Å². The third kappa shape index (κ3) is 3.59. The van der Waals surface area contributed by atoms with Gasteiger partial charge < -0.3 is 0 Å². The molecule has 0 N–H and O–H groups in total. The van der Waals surface area contributed by atoms with Crippen LogP contribution in [0.5, 0.6) is 0 Å². The molecule has 1 heterocycles. The lowest BCUT2D eigenvalue weighted by Crippen LogP contribution is -2.58. The van der Waals surface area contributed by atoms with E-state index in [0.717, 1.165) is 0 Å². The predicted octanol–water partition coefficient (Wildman–Crippen LogP) is 6.47. The normalized spacial score (nSPS) is 17.9. The van der Waals surface area contributed by atoms with Crippen molar-refractivity contribution in [2.45, 2.75) is 26.8 Å². The molecule has 0 aromatic heterocycles. The lowest BCUT2D eigenvalue weighted by molar-refractivity contribution is 0.393. The van der Waals surface area contributed by atoms with Gasteiger partial charge in [-0.2, -0.15) is 0 Å². The molecular weight excluding hydrogens is 436 g/mol. The molecule has 1 nitrogen and oxygen atoms in total. The van der Waals surface area contributed by atoms with Crippen molar-refractivity contribution in [2.75, 3.05) is 5.90 Å².